The first kappa shape index (κ1) is 14.4. The van der Waals surface area contributed by atoms with Gasteiger partial charge in [-0.25, -0.2) is 0 Å². The first-order valence-corrected chi connectivity index (χ1v) is 7.63. The van der Waals surface area contributed by atoms with Crippen LogP contribution in [0.15, 0.2) is 61.1 Å². The molecule has 1 aliphatic heterocycles. The van der Waals surface area contributed by atoms with Crippen molar-refractivity contribution in [2.45, 2.75) is 6.10 Å². The van der Waals surface area contributed by atoms with Crippen LogP contribution in [0.3, 0.4) is 0 Å². The number of para-hydroxylation sites is 1. The summed E-state index contributed by atoms with van der Waals surface area (Å²) in [4.78, 5) is 19.6. The first-order chi connectivity index (χ1) is 11.8. The Bertz CT molecular complexity index is 828. The fraction of sp³-hybridized carbons (Fsp3) is 0.176. The van der Waals surface area contributed by atoms with Gasteiger partial charge in [-0.15, -0.1) is 5.10 Å². The van der Waals surface area contributed by atoms with E-state index in [1.807, 2.05) is 42.5 Å². The van der Waals surface area contributed by atoms with Gasteiger partial charge >= 0.3 is 0 Å². The van der Waals surface area contributed by atoms with Gasteiger partial charge in [0.15, 0.2) is 5.69 Å². The monoisotopic (exact) mass is 321 g/mol. The van der Waals surface area contributed by atoms with Crippen LogP contribution in [0, 0.1) is 0 Å². The van der Waals surface area contributed by atoms with Crippen molar-refractivity contribution < 1.29 is 9.53 Å². The summed E-state index contributed by atoms with van der Waals surface area (Å²) >= 11 is 0. The SMILES string of the molecule is O=C(c1cnn(-c2ccccc2)n1)N1CC(Oc2cccnc2)C1. The predicted molar refractivity (Wildman–Crippen MR) is 85.9 cm³/mol. The Morgan fingerprint density at radius 2 is 1.92 bits per heavy atom. The lowest BCUT2D eigenvalue weighted by molar-refractivity contribution is 0.0172. The first-order valence-electron chi connectivity index (χ1n) is 7.63. The molecule has 0 atom stereocenters. The smallest absolute Gasteiger partial charge is 0.276 e. The molecule has 0 saturated carbocycles. The van der Waals surface area contributed by atoms with Crippen LogP contribution in [0.25, 0.3) is 5.69 Å². The van der Waals surface area contributed by atoms with E-state index in [4.69, 9.17) is 4.74 Å². The van der Waals surface area contributed by atoms with Gasteiger partial charge in [-0.1, -0.05) is 18.2 Å². The third kappa shape index (κ3) is 2.83. The van der Waals surface area contributed by atoms with E-state index < -0.39 is 0 Å². The van der Waals surface area contributed by atoms with Crippen molar-refractivity contribution in [2.75, 3.05) is 13.1 Å². The highest BCUT2D eigenvalue weighted by molar-refractivity contribution is 5.92. The Morgan fingerprint density at radius 1 is 1.08 bits per heavy atom. The Labute approximate surface area is 138 Å². The molecular weight excluding hydrogens is 306 g/mol. The lowest BCUT2D eigenvalue weighted by atomic mass is 10.1. The van der Waals surface area contributed by atoms with Crippen LogP contribution in [0.1, 0.15) is 10.5 Å². The summed E-state index contributed by atoms with van der Waals surface area (Å²) in [5, 5.41) is 8.41. The second-order valence-electron chi connectivity index (χ2n) is 5.49. The average molecular weight is 321 g/mol. The van der Waals surface area contributed by atoms with Crippen molar-refractivity contribution in [3.05, 3.63) is 66.7 Å². The molecule has 1 aliphatic rings. The molecule has 0 bridgehead atoms. The zero-order valence-electron chi connectivity index (χ0n) is 12.8. The number of hydrogen-bond acceptors (Lipinski definition) is 5. The number of aromatic nitrogens is 4. The molecule has 4 rings (SSSR count). The summed E-state index contributed by atoms with van der Waals surface area (Å²) in [5.41, 5.74) is 1.15. The number of benzene rings is 1. The molecule has 1 aromatic carbocycles. The highest BCUT2D eigenvalue weighted by Crippen LogP contribution is 2.18. The normalized spacial score (nSPS) is 14.2. The molecule has 0 aliphatic carbocycles. The van der Waals surface area contributed by atoms with Crippen LogP contribution in [0.5, 0.6) is 5.75 Å². The highest BCUT2D eigenvalue weighted by Gasteiger charge is 2.34. The van der Waals surface area contributed by atoms with Gasteiger partial charge in [0, 0.05) is 6.20 Å². The number of carbonyl (C=O) groups excluding carboxylic acids is 1. The second kappa shape index (κ2) is 6.11. The van der Waals surface area contributed by atoms with Crippen LogP contribution in [-0.4, -0.2) is 50.0 Å². The maximum atomic E-state index is 12.4. The van der Waals surface area contributed by atoms with E-state index in [1.54, 1.807) is 17.3 Å². The molecule has 2 aromatic heterocycles. The molecule has 7 heteroatoms. The fourth-order valence-electron chi connectivity index (χ4n) is 2.50. The lowest BCUT2D eigenvalue weighted by Gasteiger charge is -2.38. The third-order valence-electron chi connectivity index (χ3n) is 3.77. The molecule has 24 heavy (non-hydrogen) atoms. The van der Waals surface area contributed by atoms with Crippen molar-refractivity contribution in [1.29, 1.82) is 0 Å². The number of hydrogen-bond donors (Lipinski definition) is 0. The Balaban J connectivity index is 1.37. The minimum absolute atomic E-state index is 0.0117. The molecule has 3 aromatic rings. The van der Waals surface area contributed by atoms with Crippen molar-refractivity contribution in [1.82, 2.24) is 24.9 Å². The van der Waals surface area contributed by atoms with Crippen molar-refractivity contribution in [2.24, 2.45) is 0 Å². The van der Waals surface area contributed by atoms with Crippen molar-refractivity contribution in [3.8, 4) is 11.4 Å². The molecule has 0 N–H and O–H groups in total. The van der Waals surface area contributed by atoms with E-state index in [-0.39, 0.29) is 12.0 Å². The topological polar surface area (TPSA) is 73.1 Å². The quantitative estimate of drug-likeness (QED) is 0.729. The predicted octanol–water partition coefficient (Wildman–Crippen LogP) is 1.57. The maximum Gasteiger partial charge on any atom is 0.276 e. The average Bonchev–Trinajstić information content (AvgIpc) is 3.09. The maximum absolute atomic E-state index is 12.4. The lowest BCUT2D eigenvalue weighted by Crippen LogP contribution is -2.56. The largest absolute Gasteiger partial charge is 0.485 e. The Hall–Kier alpha value is -3.22. The van der Waals surface area contributed by atoms with Gasteiger partial charge in [-0.2, -0.15) is 9.90 Å². The molecule has 1 amide bonds. The number of pyridine rings is 1. The molecule has 0 unspecified atom stereocenters. The van der Waals surface area contributed by atoms with E-state index >= 15 is 0 Å². The van der Waals surface area contributed by atoms with Gasteiger partial charge in [-0.05, 0) is 24.3 Å². The van der Waals surface area contributed by atoms with Gasteiger partial charge in [0.25, 0.3) is 5.91 Å². The van der Waals surface area contributed by atoms with Crippen LogP contribution in [-0.2, 0) is 0 Å². The van der Waals surface area contributed by atoms with E-state index in [0.29, 0.717) is 24.5 Å². The molecule has 120 valence electrons. The Kier molecular flexibility index (Phi) is 3.66. The van der Waals surface area contributed by atoms with Crippen LogP contribution >= 0.6 is 0 Å². The number of ether oxygens (including phenoxy) is 1. The summed E-state index contributed by atoms with van der Waals surface area (Å²) in [5.74, 6) is 0.577. The van der Waals surface area contributed by atoms with Crippen LogP contribution in [0.4, 0.5) is 0 Å². The van der Waals surface area contributed by atoms with Crippen molar-refractivity contribution in [3.63, 3.8) is 0 Å². The highest BCUT2D eigenvalue weighted by atomic mass is 16.5. The summed E-state index contributed by atoms with van der Waals surface area (Å²) in [7, 11) is 0. The van der Waals surface area contributed by atoms with Crippen LogP contribution in [0.2, 0.25) is 0 Å². The Morgan fingerprint density at radius 3 is 2.67 bits per heavy atom. The number of amides is 1. The summed E-state index contributed by atoms with van der Waals surface area (Å²) in [6.45, 7) is 1.07. The molecule has 1 saturated heterocycles. The van der Waals surface area contributed by atoms with Gasteiger partial charge in [0.1, 0.15) is 11.9 Å². The molecule has 0 spiro atoms. The summed E-state index contributed by atoms with van der Waals surface area (Å²) in [6.07, 6.45) is 4.84. The van der Waals surface area contributed by atoms with E-state index in [9.17, 15) is 4.79 Å². The van der Waals surface area contributed by atoms with Crippen molar-refractivity contribution >= 4 is 5.91 Å². The number of rotatable bonds is 4. The van der Waals surface area contributed by atoms with Gasteiger partial charge in [-0.3, -0.25) is 9.78 Å². The van der Waals surface area contributed by atoms with Gasteiger partial charge < -0.3 is 9.64 Å². The molecule has 1 fully saturated rings. The number of carbonyl (C=O) groups is 1. The van der Waals surface area contributed by atoms with Crippen LogP contribution < -0.4 is 4.74 Å². The minimum atomic E-state index is -0.136. The third-order valence-corrected chi connectivity index (χ3v) is 3.77. The zero-order valence-corrected chi connectivity index (χ0v) is 12.8. The van der Waals surface area contributed by atoms with Gasteiger partial charge in [0.2, 0.25) is 0 Å². The second-order valence-corrected chi connectivity index (χ2v) is 5.49. The molecule has 3 heterocycles. The van der Waals surface area contributed by atoms with E-state index in [1.165, 1.54) is 11.0 Å². The molecule has 0 radical (unpaired) electrons. The molecule has 7 nitrogen and oxygen atoms in total. The number of likely N-dealkylation sites (tertiary alicyclic amines) is 1. The van der Waals surface area contributed by atoms with E-state index in [2.05, 4.69) is 15.2 Å². The fourth-order valence-corrected chi connectivity index (χ4v) is 2.50. The summed E-state index contributed by atoms with van der Waals surface area (Å²) in [6, 6.07) is 13.2. The van der Waals surface area contributed by atoms with Gasteiger partial charge in [0.05, 0.1) is 31.2 Å². The van der Waals surface area contributed by atoms with E-state index in [0.717, 1.165) is 5.69 Å². The zero-order chi connectivity index (χ0) is 16.4. The minimum Gasteiger partial charge on any atom is -0.485 e. The standard InChI is InChI=1S/C17H15N5O2/c23-17(16-10-19-22(20-16)13-5-2-1-3-6-13)21-11-15(12-21)24-14-7-4-8-18-9-14/h1-10,15H,11-12H2. The summed E-state index contributed by atoms with van der Waals surface area (Å²) < 4.78 is 5.74. The molecular formula is C17H15N5O2. The number of nitrogens with zero attached hydrogens (tertiary/aromatic N) is 5.